The number of halogens is 1. The number of hydrogen-bond donors (Lipinski definition) is 2. The number of nitrogens with zero attached hydrogens (tertiary/aromatic N) is 2. The highest BCUT2D eigenvalue weighted by Crippen LogP contribution is 2.21. The van der Waals surface area contributed by atoms with Gasteiger partial charge in [0, 0.05) is 25.8 Å². The number of carbonyl (C=O) groups is 1. The number of hydrogen-bond acceptors (Lipinski definition) is 5. The summed E-state index contributed by atoms with van der Waals surface area (Å²) in [6.07, 6.45) is 0.633. The highest BCUT2D eigenvalue weighted by Gasteiger charge is 2.16. The Morgan fingerprint density at radius 3 is 2.65 bits per heavy atom. The van der Waals surface area contributed by atoms with Crippen LogP contribution in [0.5, 0.6) is 0 Å². The molecule has 3 N–H and O–H groups in total. The summed E-state index contributed by atoms with van der Waals surface area (Å²) in [6, 6.07) is 7.00. The van der Waals surface area contributed by atoms with Gasteiger partial charge in [-0.1, -0.05) is 12.1 Å². The van der Waals surface area contributed by atoms with Crippen LogP contribution in [0.1, 0.15) is 23.5 Å². The van der Waals surface area contributed by atoms with Gasteiger partial charge in [-0.3, -0.25) is 9.48 Å². The van der Waals surface area contributed by atoms with Crippen molar-refractivity contribution in [3.8, 4) is 11.3 Å². The van der Waals surface area contributed by atoms with Crippen molar-refractivity contribution in [2.45, 2.75) is 13.0 Å². The van der Waals surface area contributed by atoms with Crippen LogP contribution in [0.3, 0.4) is 0 Å². The molecule has 1 aromatic carbocycles. The summed E-state index contributed by atoms with van der Waals surface area (Å²) in [5.41, 5.74) is 6.84. The van der Waals surface area contributed by atoms with Crippen molar-refractivity contribution in [2.24, 2.45) is 5.73 Å². The van der Waals surface area contributed by atoms with Gasteiger partial charge in [0.15, 0.2) is 6.29 Å². The van der Waals surface area contributed by atoms with Crippen LogP contribution in [-0.4, -0.2) is 48.0 Å². The summed E-state index contributed by atoms with van der Waals surface area (Å²) in [5.74, 6) is -0.378. The number of ether oxygens (including phenoxy) is 1. The van der Waals surface area contributed by atoms with Gasteiger partial charge >= 0.3 is 0 Å². The van der Waals surface area contributed by atoms with E-state index in [4.69, 9.17) is 5.73 Å². The average Bonchev–Trinajstić information content (AvgIpc) is 3.00. The number of aliphatic hydroxyl groups is 1. The van der Waals surface area contributed by atoms with Crippen molar-refractivity contribution in [3.05, 3.63) is 41.8 Å². The van der Waals surface area contributed by atoms with Crippen molar-refractivity contribution in [1.82, 2.24) is 9.78 Å². The van der Waals surface area contributed by atoms with Gasteiger partial charge in [-0.2, -0.15) is 5.10 Å². The molecular weight excluding hydrogens is 301 g/mol. The molecule has 0 aliphatic heterocycles. The second kappa shape index (κ2) is 9.83. The summed E-state index contributed by atoms with van der Waals surface area (Å²) in [5, 5.41) is 13.4. The van der Waals surface area contributed by atoms with Crippen LogP contribution in [0.4, 0.5) is 4.39 Å². The van der Waals surface area contributed by atoms with Crippen LogP contribution >= 0.6 is 0 Å². The molecule has 0 bridgehead atoms. The van der Waals surface area contributed by atoms with E-state index in [9.17, 15) is 14.3 Å². The van der Waals surface area contributed by atoms with E-state index < -0.39 is 6.04 Å². The molecular formula is C16H22FN3O3. The molecule has 1 heterocycles. The van der Waals surface area contributed by atoms with Gasteiger partial charge in [-0.15, -0.1) is 0 Å². The molecule has 0 aliphatic carbocycles. The van der Waals surface area contributed by atoms with Crippen molar-refractivity contribution >= 4 is 6.29 Å². The quantitative estimate of drug-likeness (QED) is 0.789. The minimum atomic E-state index is -0.470. The number of benzene rings is 1. The van der Waals surface area contributed by atoms with E-state index in [2.05, 4.69) is 9.84 Å². The van der Waals surface area contributed by atoms with Gasteiger partial charge in [0.1, 0.15) is 11.5 Å². The Balaban J connectivity index is 0.000000593. The molecule has 0 aliphatic rings. The highest BCUT2D eigenvalue weighted by molar-refractivity contribution is 5.76. The molecule has 1 aromatic heterocycles. The first-order chi connectivity index (χ1) is 11.1. The molecule has 6 nitrogen and oxygen atoms in total. The van der Waals surface area contributed by atoms with Gasteiger partial charge in [-0.25, -0.2) is 4.39 Å². The molecule has 0 saturated carbocycles. The third-order valence-corrected chi connectivity index (χ3v) is 3.12. The fraction of sp³-hybridized carbons (Fsp3) is 0.375. The molecule has 0 fully saturated rings. The van der Waals surface area contributed by atoms with Crippen LogP contribution in [-0.2, 0) is 4.74 Å². The molecule has 2 rings (SSSR count). The molecule has 0 amide bonds. The third kappa shape index (κ3) is 5.24. The van der Waals surface area contributed by atoms with Crippen LogP contribution in [0.15, 0.2) is 30.3 Å². The van der Waals surface area contributed by atoms with E-state index in [-0.39, 0.29) is 19.0 Å². The number of aromatic nitrogens is 2. The van der Waals surface area contributed by atoms with Crippen LogP contribution in [0.25, 0.3) is 11.3 Å². The molecule has 1 unspecified atom stereocenters. The predicted molar refractivity (Wildman–Crippen MR) is 85.7 cm³/mol. The molecule has 126 valence electrons. The molecule has 0 saturated heterocycles. The van der Waals surface area contributed by atoms with E-state index in [0.717, 1.165) is 6.61 Å². The third-order valence-electron chi connectivity index (χ3n) is 3.12. The van der Waals surface area contributed by atoms with Crippen molar-refractivity contribution < 1.29 is 19.0 Å². The summed E-state index contributed by atoms with van der Waals surface area (Å²) in [6.45, 7) is 2.71. The Bertz CT molecular complexity index is 610. The topological polar surface area (TPSA) is 90.4 Å². The number of nitrogens with two attached hydrogens (primary N) is 1. The standard InChI is InChI=1S/C13H14FN3O2.C3H8O/c14-10-3-1-2-9(4-10)13-5-11(7-18)17(16-13)12(6-15)8-19;1-3-4-2/h1-5,7,12,19H,6,8,15H2;3H2,1-2H3. The van der Waals surface area contributed by atoms with E-state index in [1.807, 2.05) is 6.92 Å². The number of carbonyl (C=O) groups excluding carboxylic acids is 1. The van der Waals surface area contributed by atoms with E-state index in [1.54, 1.807) is 25.3 Å². The lowest BCUT2D eigenvalue weighted by molar-refractivity contribution is 0.110. The average molecular weight is 323 g/mol. The highest BCUT2D eigenvalue weighted by atomic mass is 19.1. The lowest BCUT2D eigenvalue weighted by Crippen LogP contribution is -2.25. The van der Waals surface area contributed by atoms with E-state index in [0.29, 0.717) is 23.2 Å². The SMILES string of the molecule is CCOC.NCC(CO)n1nc(-c2cccc(F)c2)cc1C=O. The molecule has 1 atom stereocenters. The zero-order valence-electron chi connectivity index (χ0n) is 13.3. The van der Waals surface area contributed by atoms with Gasteiger partial charge in [0.2, 0.25) is 0 Å². The van der Waals surface area contributed by atoms with Crippen molar-refractivity contribution in [1.29, 1.82) is 0 Å². The van der Waals surface area contributed by atoms with Gasteiger partial charge < -0.3 is 15.6 Å². The summed E-state index contributed by atoms with van der Waals surface area (Å²) >= 11 is 0. The summed E-state index contributed by atoms with van der Waals surface area (Å²) in [4.78, 5) is 11.0. The van der Waals surface area contributed by atoms with Gasteiger partial charge in [-0.05, 0) is 25.1 Å². The maximum absolute atomic E-state index is 13.2. The number of rotatable bonds is 6. The smallest absolute Gasteiger partial charge is 0.168 e. The number of aliphatic hydroxyl groups excluding tert-OH is 1. The van der Waals surface area contributed by atoms with E-state index in [1.165, 1.54) is 16.8 Å². The Kier molecular flexibility index (Phi) is 8.10. The van der Waals surface area contributed by atoms with Crippen molar-refractivity contribution in [3.63, 3.8) is 0 Å². The number of methoxy groups -OCH3 is 1. The first-order valence-electron chi connectivity index (χ1n) is 7.21. The zero-order chi connectivity index (χ0) is 17.2. The fourth-order valence-electron chi connectivity index (χ4n) is 1.83. The van der Waals surface area contributed by atoms with Crippen LogP contribution < -0.4 is 5.73 Å². The van der Waals surface area contributed by atoms with Gasteiger partial charge in [0.05, 0.1) is 18.3 Å². The first-order valence-corrected chi connectivity index (χ1v) is 7.21. The fourth-order valence-corrected chi connectivity index (χ4v) is 1.83. The predicted octanol–water partition coefficient (Wildman–Crippen LogP) is 1.65. The molecule has 0 radical (unpaired) electrons. The Morgan fingerprint density at radius 2 is 2.17 bits per heavy atom. The van der Waals surface area contributed by atoms with Gasteiger partial charge in [0.25, 0.3) is 0 Å². The maximum atomic E-state index is 13.2. The second-order valence-corrected chi connectivity index (χ2v) is 4.68. The first kappa shape index (κ1) is 19.0. The minimum Gasteiger partial charge on any atom is -0.394 e. The molecule has 7 heteroatoms. The zero-order valence-corrected chi connectivity index (χ0v) is 13.3. The summed E-state index contributed by atoms with van der Waals surface area (Å²) < 4.78 is 19.1. The normalized spacial score (nSPS) is 11.5. The van der Waals surface area contributed by atoms with Crippen LogP contribution in [0.2, 0.25) is 0 Å². The molecule has 2 aromatic rings. The van der Waals surface area contributed by atoms with Crippen molar-refractivity contribution in [2.75, 3.05) is 26.9 Å². The molecule has 0 spiro atoms. The Morgan fingerprint density at radius 1 is 1.48 bits per heavy atom. The number of aldehydes is 1. The summed E-state index contributed by atoms with van der Waals surface area (Å²) in [7, 11) is 1.68. The lowest BCUT2D eigenvalue weighted by Gasteiger charge is -2.13. The van der Waals surface area contributed by atoms with E-state index >= 15 is 0 Å². The molecule has 23 heavy (non-hydrogen) atoms. The lowest BCUT2D eigenvalue weighted by atomic mass is 10.1. The largest absolute Gasteiger partial charge is 0.394 e. The Labute approximate surface area is 134 Å². The monoisotopic (exact) mass is 323 g/mol. The van der Waals surface area contributed by atoms with Crippen LogP contribution in [0, 0.1) is 5.82 Å². The Hall–Kier alpha value is -2.09. The minimum absolute atomic E-state index is 0.154. The second-order valence-electron chi connectivity index (χ2n) is 4.68. The maximum Gasteiger partial charge on any atom is 0.168 e.